The summed E-state index contributed by atoms with van der Waals surface area (Å²) in [5, 5.41) is 0. The van der Waals surface area contributed by atoms with Gasteiger partial charge in [-0.25, -0.2) is 54.8 Å². The quantitative estimate of drug-likeness (QED) is 0.129. The number of aromatic nitrogens is 16. The van der Waals surface area contributed by atoms with Crippen LogP contribution in [0.2, 0.25) is 0 Å². The van der Waals surface area contributed by atoms with Crippen molar-refractivity contribution in [1.82, 2.24) is 79.7 Å². The molecule has 0 spiro atoms. The van der Waals surface area contributed by atoms with Crippen LogP contribution in [0.4, 0.5) is 11.9 Å². The molecule has 18 heteroatoms. The second-order valence-corrected chi connectivity index (χ2v) is 23.3. The van der Waals surface area contributed by atoms with Crippen molar-refractivity contribution >= 4 is 11.9 Å². The third kappa shape index (κ3) is 21.0. The van der Waals surface area contributed by atoms with E-state index in [1.54, 1.807) is 25.5 Å². The fourth-order valence-electron chi connectivity index (χ4n) is 10.4. The molecule has 0 bridgehead atoms. The van der Waals surface area contributed by atoms with E-state index in [1.807, 2.05) is 276 Å². The minimum Gasteiger partial charge on any atom is -0.368 e. The average molecular weight is 1360 g/mol. The lowest BCUT2D eigenvalue weighted by Gasteiger charge is -2.08. The number of aryl methyl sites for hydroxylation is 6. The molecule has 0 fully saturated rings. The zero-order chi connectivity index (χ0) is 72.2. The molecule has 0 saturated carbocycles. The zero-order valence-electron chi connectivity index (χ0n) is 58.3. The highest BCUT2D eigenvalue weighted by atomic mass is 15.1. The number of hydrogen-bond donors (Lipinski definition) is 2. The second kappa shape index (κ2) is 36.2. The second-order valence-electron chi connectivity index (χ2n) is 23.3. The predicted molar refractivity (Wildman–Crippen MR) is 415 cm³/mol. The molecule has 0 atom stereocenters. The summed E-state index contributed by atoms with van der Waals surface area (Å²) < 4.78 is 0. The van der Waals surface area contributed by atoms with Gasteiger partial charge >= 0.3 is 0 Å². The topological polar surface area (TPSA) is 258 Å². The molecule has 8 heterocycles. The van der Waals surface area contributed by atoms with Gasteiger partial charge in [0.05, 0.1) is 45.6 Å². The SMILES string of the molecule is Cc1cc(-c2ccccc2)nc(-c2ccccc2)n1.Cc1ccc(-c2nc(-c3ccccc3)nc(-c3ccccc3)n2)cc1.Cc1nc(-c2ccccc2)cc(-c2ccccc2)n1.Cc1nc(-c2ccccn2)cc(-c2ccccn2)n1.Cc1nc(N)nc(N)n1.Cc1nccc(-c2ccccc2)n1. The van der Waals surface area contributed by atoms with Gasteiger partial charge in [0, 0.05) is 68.8 Å². The van der Waals surface area contributed by atoms with E-state index in [4.69, 9.17) is 26.4 Å². The van der Waals surface area contributed by atoms with Crippen molar-refractivity contribution in [2.45, 2.75) is 41.5 Å². The largest absolute Gasteiger partial charge is 0.368 e. The Kier molecular flexibility index (Phi) is 24.8. The monoisotopic (exact) mass is 1360 g/mol. The molecule has 8 aromatic heterocycles. The molecular weight excluding hydrogens is 1290 g/mol. The van der Waals surface area contributed by atoms with Crippen molar-refractivity contribution in [3.8, 4) is 113 Å². The van der Waals surface area contributed by atoms with E-state index in [0.717, 1.165) is 113 Å². The molecule has 8 aromatic carbocycles. The molecule has 0 radical (unpaired) electrons. The Balaban J connectivity index is 0.000000128. The zero-order valence-corrected chi connectivity index (χ0v) is 58.3. The molecule has 0 amide bonds. The van der Waals surface area contributed by atoms with Gasteiger partial charge in [0.25, 0.3) is 0 Å². The van der Waals surface area contributed by atoms with E-state index < -0.39 is 0 Å². The van der Waals surface area contributed by atoms with Crippen LogP contribution >= 0.6 is 0 Å². The number of nitrogen functional groups attached to an aromatic ring is 2. The van der Waals surface area contributed by atoms with Crippen LogP contribution in [0.5, 0.6) is 0 Å². The van der Waals surface area contributed by atoms with Gasteiger partial charge in [-0.15, -0.1) is 0 Å². The first kappa shape index (κ1) is 71.3. The van der Waals surface area contributed by atoms with Gasteiger partial charge in [0.15, 0.2) is 23.3 Å². The highest BCUT2D eigenvalue weighted by Crippen LogP contribution is 2.28. The van der Waals surface area contributed by atoms with Crippen LogP contribution in [-0.4, -0.2) is 79.7 Å². The Hall–Kier alpha value is -14.0. The molecule has 18 nitrogen and oxygen atoms in total. The molecule has 508 valence electrons. The first-order chi connectivity index (χ1) is 50.8. The summed E-state index contributed by atoms with van der Waals surface area (Å²) in [6, 6.07) is 98.4. The third-order valence-electron chi connectivity index (χ3n) is 15.3. The van der Waals surface area contributed by atoms with E-state index in [-0.39, 0.29) is 11.9 Å². The summed E-state index contributed by atoms with van der Waals surface area (Å²) in [6.45, 7) is 11.5. The highest BCUT2D eigenvalue weighted by molar-refractivity contribution is 5.70. The molecule has 16 aromatic rings. The fourth-order valence-corrected chi connectivity index (χ4v) is 10.4. The first-order valence-electron chi connectivity index (χ1n) is 33.5. The van der Waals surface area contributed by atoms with Crippen molar-refractivity contribution in [3.63, 3.8) is 0 Å². The van der Waals surface area contributed by atoms with Crippen LogP contribution < -0.4 is 11.5 Å². The Morgan fingerprint density at radius 2 is 0.500 bits per heavy atom. The van der Waals surface area contributed by atoms with Crippen LogP contribution in [0.15, 0.2) is 316 Å². The van der Waals surface area contributed by atoms with Crippen LogP contribution in [-0.2, 0) is 0 Å². The van der Waals surface area contributed by atoms with E-state index in [0.29, 0.717) is 29.1 Å². The van der Waals surface area contributed by atoms with Gasteiger partial charge in [-0.2, -0.15) is 15.0 Å². The minimum absolute atomic E-state index is 0.167. The maximum atomic E-state index is 5.22. The Morgan fingerprint density at radius 3 is 0.865 bits per heavy atom. The van der Waals surface area contributed by atoms with E-state index >= 15 is 0 Å². The molecular formula is C86H74N18. The summed E-state index contributed by atoms with van der Waals surface area (Å²) >= 11 is 0. The molecule has 104 heavy (non-hydrogen) atoms. The molecule has 16 rings (SSSR count). The number of benzene rings is 8. The van der Waals surface area contributed by atoms with Crippen LogP contribution in [0.25, 0.3) is 113 Å². The van der Waals surface area contributed by atoms with Gasteiger partial charge in [0.2, 0.25) is 11.9 Å². The van der Waals surface area contributed by atoms with Gasteiger partial charge in [-0.3, -0.25) is 9.97 Å². The van der Waals surface area contributed by atoms with Gasteiger partial charge in [-0.05, 0) is 90.1 Å². The molecule has 4 N–H and O–H groups in total. The Bertz CT molecular complexity index is 4730. The number of nitrogens with zero attached hydrogens (tertiary/aromatic N) is 16. The number of rotatable bonds is 10. The van der Waals surface area contributed by atoms with Gasteiger partial charge < -0.3 is 11.5 Å². The molecule has 0 saturated heterocycles. The standard InChI is InChI=1S/C22H17N3.2C17H14N2.C15H12N4.C11H10N2.C4H7N5/c1-16-12-14-19(15-13-16)22-24-20(17-8-4-2-5-9-17)23-21(25-22)18-10-6-3-7-11-18;1-13-18-16(14-8-4-2-5-9-14)12-17(19-13)15-10-6-3-7-11-15;1-13-12-16(14-8-4-2-5-9-14)19-17(18-13)15-10-6-3-7-11-15;1-11-18-14(12-6-2-4-8-16-12)10-15(19-11)13-7-3-5-9-17-13;1-9-12-8-7-11(13-9)10-5-3-2-4-6-10;1-2-7-3(5)9-4(6)8-2/h2-15H,1H3;2*2-12H,1H3;2-10H,1H3;2-8H,1H3;1H3,(H4,5,6,7,8,9). The van der Waals surface area contributed by atoms with Gasteiger partial charge in [-0.1, -0.05) is 254 Å². The lowest BCUT2D eigenvalue weighted by molar-refractivity contribution is 1.00. The number of hydrogen-bond acceptors (Lipinski definition) is 18. The van der Waals surface area contributed by atoms with E-state index in [1.165, 1.54) is 5.56 Å². The smallest absolute Gasteiger partial charge is 0.225 e. The summed E-state index contributed by atoms with van der Waals surface area (Å²) in [5.41, 5.74) is 28.3. The normalized spacial score (nSPS) is 10.3. The number of nitrogens with two attached hydrogens (primary N) is 2. The molecule has 0 unspecified atom stereocenters. The summed E-state index contributed by atoms with van der Waals surface area (Å²) in [4.78, 5) is 69.2. The Morgan fingerprint density at radius 1 is 0.192 bits per heavy atom. The summed E-state index contributed by atoms with van der Waals surface area (Å²) in [5.74, 6) is 6.02. The van der Waals surface area contributed by atoms with Crippen LogP contribution in [0, 0.1) is 41.5 Å². The van der Waals surface area contributed by atoms with Crippen molar-refractivity contribution in [1.29, 1.82) is 0 Å². The van der Waals surface area contributed by atoms with Crippen LogP contribution in [0.1, 0.15) is 34.6 Å². The van der Waals surface area contributed by atoms with E-state index in [2.05, 4.69) is 120 Å². The van der Waals surface area contributed by atoms with Crippen molar-refractivity contribution in [2.24, 2.45) is 0 Å². The van der Waals surface area contributed by atoms with Crippen LogP contribution in [0.3, 0.4) is 0 Å². The first-order valence-corrected chi connectivity index (χ1v) is 33.5. The highest BCUT2D eigenvalue weighted by Gasteiger charge is 2.14. The lowest BCUT2D eigenvalue weighted by atomic mass is 10.1. The maximum absolute atomic E-state index is 5.22. The fraction of sp³-hybridized carbons (Fsp3) is 0.0698. The van der Waals surface area contributed by atoms with E-state index in [9.17, 15) is 0 Å². The van der Waals surface area contributed by atoms with Crippen molar-refractivity contribution in [3.05, 3.63) is 350 Å². The maximum Gasteiger partial charge on any atom is 0.225 e. The Labute approximate surface area is 605 Å². The lowest BCUT2D eigenvalue weighted by Crippen LogP contribution is -2.03. The predicted octanol–water partition coefficient (Wildman–Crippen LogP) is 18.1. The minimum atomic E-state index is 0.167. The molecule has 0 aliphatic heterocycles. The van der Waals surface area contributed by atoms with Gasteiger partial charge in [0.1, 0.15) is 23.3 Å². The number of pyridine rings is 2. The van der Waals surface area contributed by atoms with Crippen molar-refractivity contribution < 1.29 is 0 Å². The summed E-state index contributed by atoms with van der Waals surface area (Å²) in [7, 11) is 0. The summed E-state index contributed by atoms with van der Waals surface area (Å²) in [6.07, 6.45) is 5.30. The molecule has 0 aliphatic carbocycles. The third-order valence-corrected chi connectivity index (χ3v) is 15.3. The number of anilines is 2. The average Bonchev–Trinajstić information content (AvgIpc) is 0.809. The van der Waals surface area contributed by atoms with Crippen molar-refractivity contribution in [2.75, 3.05) is 11.5 Å². The molecule has 0 aliphatic rings.